The van der Waals surface area contributed by atoms with Gasteiger partial charge in [-0.15, -0.1) is 0 Å². The van der Waals surface area contributed by atoms with E-state index < -0.39 is 12.0 Å². The Morgan fingerprint density at radius 3 is 2.86 bits per heavy atom. The maximum Gasteiger partial charge on any atom is 0.313 e. The first kappa shape index (κ1) is 15.6. The van der Waals surface area contributed by atoms with Crippen molar-refractivity contribution in [2.45, 2.75) is 37.4 Å². The van der Waals surface area contributed by atoms with E-state index in [9.17, 15) is 14.4 Å². The van der Waals surface area contributed by atoms with Crippen LogP contribution < -0.4 is 0 Å². The normalized spacial score (nSPS) is 19.1. The van der Waals surface area contributed by atoms with Crippen LogP contribution in [0.15, 0.2) is 11.4 Å². The molecule has 0 aromatic carbocycles. The van der Waals surface area contributed by atoms with Crippen LogP contribution in [0.25, 0.3) is 0 Å². The number of thioether (sulfide) groups is 1. The summed E-state index contributed by atoms with van der Waals surface area (Å²) < 4.78 is 1.78. The molecule has 0 radical (unpaired) electrons. The zero-order valence-electron chi connectivity index (χ0n) is 11.9. The van der Waals surface area contributed by atoms with Crippen molar-refractivity contribution in [2.75, 3.05) is 12.8 Å². The predicted octanol–water partition coefficient (Wildman–Crippen LogP) is 0.942. The summed E-state index contributed by atoms with van der Waals surface area (Å²) in [5.41, 5.74) is 0.865. The van der Waals surface area contributed by atoms with Crippen molar-refractivity contribution in [2.24, 2.45) is 0 Å². The van der Waals surface area contributed by atoms with Gasteiger partial charge in [0.2, 0.25) is 5.91 Å². The fraction of sp³-hybridized carbons (Fsp3) is 0.538. The molecule has 1 aromatic rings. The first-order valence-corrected chi connectivity index (χ1v) is 7.65. The SMILES string of the molecule is CCc1cnc(SCC(=O)O)n1C1CCC(=O)N(C)C1=O. The number of hydrogen-bond donors (Lipinski definition) is 1. The van der Waals surface area contributed by atoms with Crippen LogP contribution in [0.5, 0.6) is 0 Å². The number of aryl methyl sites for hydroxylation is 1. The Hall–Kier alpha value is -1.83. The van der Waals surface area contributed by atoms with Crippen molar-refractivity contribution in [3.8, 4) is 0 Å². The minimum Gasteiger partial charge on any atom is -0.481 e. The lowest BCUT2D eigenvalue weighted by atomic mass is 10.0. The number of imide groups is 1. The first-order chi connectivity index (χ1) is 9.95. The fourth-order valence-corrected chi connectivity index (χ4v) is 3.11. The van der Waals surface area contributed by atoms with E-state index in [0.717, 1.165) is 22.4 Å². The van der Waals surface area contributed by atoms with Crippen LogP contribution >= 0.6 is 11.8 Å². The summed E-state index contributed by atoms with van der Waals surface area (Å²) in [4.78, 5) is 40.0. The molecule has 1 saturated heterocycles. The van der Waals surface area contributed by atoms with E-state index in [4.69, 9.17) is 5.11 Å². The number of rotatable bonds is 5. The van der Waals surface area contributed by atoms with Gasteiger partial charge in [-0.2, -0.15) is 0 Å². The van der Waals surface area contributed by atoms with Gasteiger partial charge < -0.3 is 9.67 Å². The molecule has 21 heavy (non-hydrogen) atoms. The molecule has 1 N–H and O–H groups in total. The molecule has 2 amide bonds. The number of carbonyl (C=O) groups excluding carboxylic acids is 2. The summed E-state index contributed by atoms with van der Waals surface area (Å²) in [5, 5.41) is 9.30. The van der Waals surface area contributed by atoms with Gasteiger partial charge in [0.25, 0.3) is 5.91 Å². The molecule has 1 aliphatic rings. The molecule has 2 heterocycles. The highest BCUT2D eigenvalue weighted by Gasteiger charge is 2.35. The van der Waals surface area contributed by atoms with E-state index in [0.29, 0.717) is 24.4 Å². The lowest BCUT2D eigenvalue weighted by Gasteiger charge is -2.30. The van der Waals surface area contributed by atoms with Gasteiger partial charge in [0.05, 0.1) is 5.75 Å². The van der Waals surface area contributed by atoms with Crippen LogP contribution in [-0.2, 0) is 20.8 Å². The number of likely N-dealkylation sites (N-methyl/N-ethyl adjacent to an activating group) is 1. The molecule has 0 spiro atoms. The van der Waals surface area contributed by atoms with Crippen molar-refractivity contribution in [1.29, 1.82) is 0 Å². The Kier molecular flexibility index (Phi) is 4.66. The third-order valence-corrected chi connectivity index (χ3v) is 4.41. The molecule has 114 valence electrons. The van der Waals surface area contributed by atoms with Crippen LogP contribution in [-0.4, -0.2) is 50.1 Å². The molecule has 2 rings (SSSR count). The summed E-state index contributed by atoms with van der Waals surface area (Å²) in [7, 11) is 1.48. The highest BCUT2D eigenvalue weighted by molar-refractivity contribution is 7.99. The largest absolute Gasteiger partial charge is 0.481 e. The van der Waals surface area contributed by atoms with Crippen molar-refractivity contribution in [3.63, 3.8) is 0 Å². The van der Waals surface area contributed by atoms with Gasteiger partial charge in [-0.1, -0.05) is 18.7 Å². The summed E-state index contributed by atoms with van der Waals surface area (Å²) >= 11 is 1.09. The van der Waals surface area contributed by atoms with E-state index in [1.165, 1.54) is 7.05 Å². The quantitative estimate of drug-likeness (QED) is 0.643. The van der Waals surface area contributed by atoms with Crippen LogP contribution in [0.4, 0.5) is 0 Å². The molecular formula is C13H17N3O4S. The number of carboxylic acids is 1. The topological polar surface area (TPSA) is 92.5 Å². The molecule has 8 heteroatoms. The number of aliphatic carboxylic acids is 1. The average molecular weight is 311 g/mol. The fourth-order valence-electron chi connectivity index (χ4n) is 2.34. The molecule has 1 aliphatic heterocycles. The lowest BCUT2D eigenvalue weighted by molar-refractivity contribution is -0.149. The number of amides is 2. The second kappa shape index (κ2) is 6.30. The maximum atomic E-state index is 12.3. The van der Waals surface area contributed by atoms with Crippen LogP contribution in [0.2, 0.25) is 0 Å². The average Bonchev–Trinajstić information content (AvgIpc) is 2.85. The molecule has 1 fully saturated rings. The summed E-state index contributed by atoms with van der Waals surface area (Å²) in [6.45, 7) is 1.95. The van der Waals surface area contributed by atoms with Crippen LogP contribution in [0, 0.1) is 0 Å². The Bertz CT molecular complexity index is 584. The molecule has 0 saturated carbocycles. The van der Waals surface area contributed by atoms with Gasteiger partial charge in [0.15, 0.2) is 5.16 Å². The molecule has 7 nitrogen and oxygen atoms in total. The number of aromatic nitrogens is 2. The van der Waals surface area contributed by atoms with E-state index in [1.54, 1.807) is 10.8 Å². The Morgan fingerprint density at radius 1 is 1.52 bits per heavy atom. The van der Waals surface area contributed by atoms with Gasteiger partial charge in [-0.3, -0.25) is 19.3 Å². The Morgan fingerprint density at radius 2 is 2.24 bits per heavy atom. The molecule has 1 unspecified atom stereocenters. The van der Waals surface area contributed by atoms with Crippen molar-refractivity contribution < 1.29 is 19.5 Å². The molecule has 1 atom stereocenters. The van der Waals surface area contributed by atoms with Gasteiger partial charge in [0.1, 0.15) is 6.04 Å². The number of likely N-dealkylation sites (tertiary alicyclic amines) is 1. The Balaban J connectivity index is 2.32. The zero-order chi connectivity index (χ0) is 15.6. The summed E-state index contributed by atoms with van der Waals surface area (Å²) in [5.74, 6) is -1.50. The number of carboxylic acid groups (broad SMARTS) is 1. The number of imidazole rings is 1. The van der Waals surface area contributed by atoms with Gasteiger partial charge in [-0.25, -0.2) is 4.98 Å². The standard InChI is InChI=1S/C13H17N3O4S/c1-3-8-6-14-13(21-7-11(18)19)16(8)9-4-5-10(17)15(2)12(9)20/h6,9H,3-5,7H2,1-2H3,(H,18,19). The minimum absolute atomic E-state index is 0.115. The van der Waals surface area contributed by atoms with Crippen molar-refractivity contribution >= 4 is 29.5 Å². The predicted molar refractivity (Wildman–Crippen MR) is 76.0 cm³/mol. The number of nitrogens with zero attached hydrogens (tertiary/aromatic N) is 3. The second-order valence-electron chi connectivity index (χ2n) is 4.78. The van der Waals surface area contributed by atoms with E-state index in [1.807, 2.05) is 6.92 Å². The lowest BCUT2D eigenvalue weighted by Crippen LogP contribution is -2.43. The van der Waals surface area contributed by atoms with E-state index in [2.05, 4.69) is 4.98 Å². The molecular weight excluding hydrogens is 294 g/mol. The summed E-state index contributed by atoms with van der Waals surface area (Å²) in [6, 6.07) is -0.485. The van der Waals surface area contributed by atoms with Gasteiger partial charge in [0, 0.05) is 25.4 Å². The maximum absolute atomic E-state index is 12.3. The van der Waals surface area contributed by atoms with E-state index >= 15 is 0 Å². The molecule has 1 aromatic heterocycles. The highest BCUT2D eigenvalue weighted by atomic mass is 32.2. The first-order valence-electron chi connectivity index (χ1n) is 6.66. The van der Waals surface area contributed by atoms with Crippen molar-refractivity contribution in [1.82, 2.24) is 14.5 Å². The monoisotopic (exact) mass is 311 g/mol. The van der Waals surface area contributed by atoms with Crippen LogP contribution in [0.1, 0.15) is 31.5 Å². The zero-order valence-corrected chi connectivity index (χ0v) is 12.7. The van der Waals surface area contributed by atoms with Crippen molar-refractivity contribution in [3.05, 3.63) is 11.9 Å². The number of hydrogen-bond acceptors (Lipinski definition) is 5. The van der Waals surface area contributed by atoms with Gasteiger partial charge in [-0.05, 0) is 12.8 Å². The van der Waals surface area contributed by atoms with E-state index in [-0.39, 0.29) is 17.6 Å². The number of carbonyl (C=O) groups is 3. The second-order valence-corrected chi connectivity index (χ2v) is 5.73. The summed E-state index contributed by atoms with van der Waals surface area (Å²) in [6.07, 6.45) is 3.07. The third-order valence-electron chi connectivity index (χ3n) is 3.46. The van der Waals surface area contributed by atoms with Crippen LogP contribution in [0.3, 0.4) is 0 Å². The molecule has 0 aliphatic carbocycles. The third kappa shape index (κ3) is 3.10. The smallest absolute Gasteiger partial charge is 0.313 e. The highest BCUT2D eigenvalue weighted by Crippen LogP contribution is 2.30. The number of piperidine rings is 1. The van der Waals surface area contributed by atoms with Gasteiger partial charge >= 0.3 is 5.97 Å². The minimum atomic E-state index is -0.935. The molecule has 0 bridgehead atoms. The Labute approximate surface area is 126 Å².